The zero-order chi connectivity index (χ0) is 26.6. The van der Waals surface area contributed by atoms with Crippen molar-refractivity contribution in [3.8, 4) is 0 Å². The van der Waals surface area contributed by atoms with E-state index >= 15 is 0 Å². The molecule has 3 aromatic rings. The van der Waals surface area contributed by atoms with Crippen LogP contribution in [0.25, 0.3) is 0 Å². The summed E-state index contributed by atoms with van der Waals surface area (Å²) >= 11 is 6.23. The van der Waals surface area contributed by atoms with Crippen LogP contribution in [0.1, 0.15) is 31.8 Å². The van der Waals surface area contributed by atoms with Crippen molar-refractivity contribution >= 4 is 34.8 Å². The van der Waals surface area contributed by atoms with Crippen LogP contribution >= 0.6 is 11.6 Å². The molecule has 1 aliphatic heterocycles. The van der Waals surface area contributed by atoms with Crippen molar-refractivity contribution in [3.63, 3.8) is 0 Å². The number of amides is 2. The number of nitrogens with one attached hydrogen (secondary N) is 2. The Balaban J connectivity index is 1.44. The van der Waals surface area contributed by atoms with E-state index in [1.54, 1.807) is 6.20 Å². The highest BCUT2D eigenvalue weighted by molar-refractivity contribution is 6.34. The highest BCUT2D eigenvalue weighted by atomic mass is 35.5. The molecule has 0 bridgehead atoms. The number of alkyl halides is 3. The molecule has 37 heavy (non-hydrogen) atoms. The summed E-state index contributed by atoms with van der Waals surface area (Å²) in [4.78, 5) is 34.3. The fourth-order valence-electron chi connectivity index (χ4n) is 3.92. The van der Waals surface area contributed by atoms with Gasteiger partial charge in [-0.1, -0.05) is 17.7 Å². The van der Waals surface area contributed by atoms with E-state index < -0.39 is 23.6 Å². The number of anilines is 2. The minimum atomic E-state index is -4.57. The van der Waals surface area contributed by atoms with Gasteiger partial charge in [0, 0.05) is 50.2 Å². The van der Waals surface area contributed by atoms with E-state index in [0.29, 0.717) is 12.2 Å². The number of rotatable bonds is 6. The molecule has 1 aromatic heterocycles. The van der Waals surface area contributed by atoms with Crippen LogP contribution in [0, 0.1) is 0 Å². The van der Waals surface area contributed by atoms with E-state index in [4.69, 9.17) is 11.6 Å². The molecule has 1 saturated heterocycles. The van der Waals surface area contributed by atoms with Crippen LogP contribution in [0.2, 0.25) is 5.02 Å². The predicted octanol–water partition coefficient (Wildman–Crippen LogP) is 5.01. The van der Waals surface area contributed by atoms with Crippen molar-refractivity contribution in [1.82, 2.24) is 14.8 Å². The average molecular weight is 532 g/mol. The van der Waals surface area contributed by atoms with E-state index in [-0.39, 0.29) is 21.8 Å². The number of likely N-dealkylation sites (N-methyl/N-ethyl adjacent to an activating group) is 1. The molecule has 0 unspecified atom stereocenters. The second-order valence-electron chi connectivity index (χ2n) is 8.84. The highest BCUT2D eigenvalue weighted by Gasteiger charge is 2.31. The smallest absolute Gasteiger partial charge is 0.322 e. The molecular weight excluding hydrogens is 507 g/mol. The summed E-state index contributed by atoms with van der Waals surface area (Å²) < 4.78 is 38.9. The van der Waals surface area contributed by atoms with Crippen LogP contribution in [-0.2, 0) is 12.7 Å². The minimum Gasteiger partial charge on any atom is -0.322 e. The predicted molar refractivity (Wildman–Crippen MR) is 136 cm³/mol. The quantitative estimate of drug-likeness (QED) is 0.468. The van der Waals surface area contributed by atoms with Gasteiger partial charge in [-0.25, -0.2) is 0 Å². The standard InChI is InChI=1S/C26H25ClF3N5O2/c1-34-7-9-35(10-8-34)16-17-11-21(15-31-14-17)33-25(37)22-13-20(5-6-23(22)27)32-24(36)18-3-2-4-19(12-18)26(28,29)30/h2-6,11-15H,7-10,16H2,1H3,(H,32,36)(H,33,37). The van der Waals surface area contributed by atoms with Gasteiger partial charge in [-0.2, -0.15) is 13.2 Å². The molecule has 0 aliphatic carbocycles. The fraction of sp³-hybridized carbons (Fsp3) is 0.269. The molecule has 0 saturated carbocycles. The van der Waals surface area contributed by atoms with Gasteiger partial charge in [-0.05, 0) is 55.1 Å². The Morgan fingerprint density at radius 2 is 1.68 bits per heavy atom. The average Bonchev–Trinajstić information content (AvgIpc) is 2.86. The molecule has 194 valence electrons. The molecule has 2 heterocycles. The second-order valence-corrected chi connectivity index (χ2v) is 9.25. The summed E-state index contributed by atoms with van der Waals surface area (Å²) in [6.45, 7) is 4.58. The number of halogens is 4. The van der Waals surface area contributed by atoms with Crippen LogP contribution in [0.3, 0.4) is 0 Å². The summed E-state index contributed by atoms with van der Waals surface area (Å²) in [7, 11) is 2.09. The number of nitrogens with zero attached hydrogens (tertiary/aromatic N) is 3. The maximum absolute atomic E-state index is 13.0. The molecule has 0 spiro atoms. The summed E-state index contributed by atoms with van der Waals surface area (Å²) in [5, 5.41) is 5.43. The first-order valence-electron chi connectivity index (χ1n) is 11.5. The lowest BCUT2D eigenvalue weighted by Crippen LogP contribution is -2.43. The number of benzene rings is 2. The summed E-state index contributed by atoms with van der Waals surface area (Å²) in [5.41, 5.74) is 0.646. The molecule has 2 amide bonds. The van der Waals surface area contributed by atoms with Gasteiger partial charge in [0.25, 0.3) is 11.8 Å². The van der Waals surface area contributed by atoms with E-state index in [2.05, 4.69) is 32.5 Å². The molecular formula is C26H25ClF3N5O2. The van der Waals surface area contributed by atoms with Crippen LogP contribution in [0.15, 0.2) is 60.9 Å². The number of aromatic nitrogens is 1. The largest absolute Gasteiger partial charge is 0.416 e. The molecule has 2 N–H and O–H groups in total. The first-order chi connectivity index (χ1) is 17.6. The minimum absolute atomic E-state index is 0.0907. The number of pyridine rings is 1. The fourth-order valence-corrected chi connectivity index (χ4v) is 4.13. The Morgan fingerprint density at radius 3 is 2.41 bits per heavy atom. The summed E-state index contributed by atoms with van der Waals surface area (Å²) in [6, 6.07) is 10.2. The zero-order valence-electron chi connectivity index (χ0n) is 20.0. The van der Waals surface area contributed by atoms with E-state index in [9.17, 15) is 22.8 Å². The number of carbonyl (C=O) groups excluding carboxylic acids is 2. The van der Waals surface area contributed by atoms with Crippen LogP contribution in [0.4, 0.5) is 24.5 Å². The number of hydrogen-bond donors (Lipinski definition) is 2. The Kier molecular flexibility index (Phi) is 8.11. The lowest BCUT2D eigenvalue weighted by molar-refractivity contribution is -0.137. The number of piperazine rings is 1. The number of hydrogen-bond acceptors (Lipinski definition) is 5. The van der Waals surface area contributed by atoms with E-state index in [1.807, 2.05) is 6.07 Å². The van der Waals surface area contributed by atoms with Crippen molar-refractivity contribution in [2.24, 2.45) is 0 Å². The Labute approximate surface area is 217 Å². The van der Waals surface area contributed by atoms with Crippen molar-refractivity contribution < 1.29 is 22.8 Å². The topological polar surface area (TPSA) is 77.6 Å². The first kappa shape index (κ1) is 26.6. The Bertz CT molecular complexity index is 1290. The third kappa shape index (κ3) is 7.06. The first-order valence-corrected chi connectivity index (χ1v) is 11.9. The maximum Gasteiger partial charge on any atom is 0.416 e. The molecule has 1 fully saturated rings. The van der Waals surface area contributed by atoms with Gasteiger partial charge in [0.05, 0.1) is 28.0 Å². The monoisotopic (exact) mass is 531 g/mol. The lowest BCUT2D eigenvalue weighted by Gasteiger charge is -2.32. The third-order valence-corrected chi connectivity index (χ3v) is 6.31. The van der Waals surface area contributed by atoms with Crippen LogP contribution < -0.4 is 10.6 Å². The van der Waals surface area contributed by atoms with Gasteiger partial charge in [0.2, 0.25) is 0 Å². The summed E-state index contributed by atoms with van der Waals surface area (Å²) in [5.74, 6) is -1.26. The summed E-state index contributed by atoms with van der Waals surface area (Å²) in [6.07, 6.45) is -1.29. The Morgan fingerprint density at radius 1 is 0.946 bits per heavy atom. The highest BCUT2D eigenvalue weighted by Crippen LogP contribution is 2.30. The molecule has 2 aromatic carbocycles. The molecule has 7 nitrogen and oxygen atoms in total. The normalized spacial score (nSPS) is 14.8. The van der Waals surface area contributed by atoms with E-state index in [1.165, 1.54) is 30.5 Å². The maximum atomic E-state index is 13.0. The second kappa shape index (κ2) is 11.3. The van der Waals surface area contributed by atoms with Crippen LogP contribution in [0.5, 0.6) is 0 Å². The van der Waals surface area contributed by atoms with Gasteiger partial charge in [0.15, 0.2) is 0 Å². The third-order valence-electron chi connectivity index (χ3n) is 5.98. The molecule has 0 radical (unpaired) electrons. The van der Waals surface area contributed by atoms with Crippen molar-refractivity contribution in [2.75, 3.05) is 43.9 Å². The van der Waals surface area contributed by atoms with Gasteiger partial charge in [0.1, 0.15) is 0 Å². The van der Waals surface area contributed by atoms with Crippen molar-refractivity contribution in [3.05, 3.63) is 88.2 Å². The van der Waals surface area contributed by atoms with E-state index in [0.717, 1.165) is 49.9 Å². The molecule has 4 rings (SSSR count). The van der Waals surface area contributed by atoms with Gasteiger partial charge in [-0.15, -0.1) is 0 Å². The van der Waals surface area contributed by atoms with Gasteiger partial charge >= 0.3 is 6.18 Å². The van der Waals surface area contributed by atoms with Crippen molar-refractivity contribution in [2.45, 2.75) is 12.7 Å². The molecule has 0 atom stereocenters. The number of carbonyl (C=O) groups is 2. The van der Waals surface area contributed by atoms with Gasteiger partial charge in [-0.3, -0.25) is 19.5 Å². The van der Waals surface area contributed by atoms with Crippen molar-refractivity contribution in [1.29, 1.82) is 0 Å². The molecule has 1 aliphatic rings. The SMILES string of the molecule is CN1CCN(Cc2cncc(NC(=O)c3cc(NC(=O)c4cccc(C(F)(F)F)c4)ccc3Cl)c2)CC1. The lowest BCUT2D eigenvalue weighted by atomic mass is 10.1. The Hall–Kier alpha value is -3.47. The van der Waals surface area contributed by atoms with Gasteiger partial charge < -0.3 is 15.5 Å². The van der Waals surface area contributed by atoms with Crippen LogP contribution in [-0.4, -0.2) is 59.8 Å². The molecule has 11 heteroatoms. The zero-order valence-corrected chi connectivity index (χ0v) is 20.7.